The highest BCUT2D eigenvalue weighted by atomic mass is 16.1. The normalized spacial score (nSPS) is 9.63. The van der Waals surface area contributed by atoms with Crippen molar-refractivity contribution in [1.82, 2.24) is 4.98 Å². The van der Waals surface area contributed by atoms with Gasteiger partial charge < -0.3 is 16.8 Å². The molecule has 94 valence electrons. The summed E-state index contributed by atoms with van der Waals surface area (Å²) in [7, 11) is 0. The average Bonchev–Trinajstić information content (AvgIpc) is 2.41. The molecule has 0 fully saturated rings. The summed E-state index contributed by atoms with van der Waals surface area (Å²) in [6, 6.07) is 10.3. The number of carbonyl (C=O) groups is 1. The number of rotatable bonds is 3. The van der Waals surface area contributed by atoms with Gasteiger partial charge in [-0.3, -0.25) is 4.79 Å². The first-order valence-corrected chi connectivity index (χ1v) is 5.42. The molecule has 0 saturated heterocycles. The third-order valence-electron chi connectivity index (χ3n) is 2.46. The maximum Gasteiger partial charge on any atom is 0.251 e. The van der Waals surface area contributed by atoms with Gasteiger partial charge in [0.25, 0.3) is 5.91 Å². The van der Waals surface area contributed by atoms with E-state index in [-0.39, 0.29) is 11.4 Å². The fourth-order valence-corrected chi connectivity index (χ4v) is 1.60. The lowest BCUT2D eigenvalue weighted by Crippen LogP contribution is -2.14. The number of hydrogen-bond donors (Lipinski definition) is 3. The molecule has 2 rings (SSSR count). The Hall–Kier alpha value is -3.07. The van der Waals surface area contributed by atoms with Crippen molar-refractivity contribution in [3.8, 4) is 6.07 Å². The Bertz CT molecular complexity index is 675. The first kappa shape index (κ1) is 12.4. The van der Waals surface area contributed by atoms with Crippen LogP contribution in [0.25, 0.3) is 0 Å². The average molecular weight is 253 g/mol. The molecule has 0 atom stereocenters. The Morgan fingerprint density at radius 1 is 1.37 bits per heavy atom. The maximum absolute atomic E-state index is 11.3. The van der Waals surface area contributed by atoms with Crippen molar-refractivity contribution in [1.29, 1.82) is 5.26 Å². The molecule has 6 heteroatoms. The summed E-state index contributed by atoms with van der Waals surface area (Å²) in [6.07, 6.45) is 1.43. The molecule has 5 N–H and O–H groups in total. The molecule has 6 nitrogen and oxygen atoms in total. The van der Waals surface area contributed by atoms with Crippen molar-refractivity contribution < 1.29 is 4.79 Å². The first-order valence-electron chi connectivity index (χ1n) is 5.42. The molecule has 1 aromatic carbocycles. The van der Waals surface area contributed by atoms with E-state index < -0.39 is 5.91 Å². The van der Waals surface area contributed by atoms with Gasteiger partial charge in [-0.1, -0.05) is 6.07 Å². The molecule has 0 radical (unpaired) electrons. The van der Waals surface area contributed by atoms with E-state index in [0.717, 1.165) is 0 Å². The molecule has 2 aromatic rings. The Labute approximate surface area is 109 Å². The summed E-state index contributed by atoms with van der Waals surface area (Å²) >= 11 is 0. The molecule has 1 aromatic heterocycles. The van der Waals surface area contributed by atoms with E-state index in [0.29, 0.717) is 16.9 Å². The fourth-order valence-electron chi connectivity index (χ4n) is 1.60. The molecule has 0 bridgehead atoms. The van der Waals surface area contributed by atoms with Gasteiger partial charge in [0.2, 0.25) is 0 Å². The maximum atomic E-state index is 11.3. The quantitative estimate of drug-likeness (QED) is 0.763. The number of pyridine rings is 1. The molecule has 0 spiro atoms. The number of amides is 1. The smallest absolute Gasteiger partial charge is 0.251 e. The summed E-state index contributed by atoms with van der Waals surface area (Å²) in [5, 5.41) is 11.8. The van der Waals surface area contributed by atoms with Gasteiger partial charge in [-0.2, -0.15) is 5.26 Å². The van der Waals surface area contributed by atoms with Crippen LogP contribution in [0.15, 0.2) is 36.5 Å². The van der Waals surface area contributed by atoms with Crippen LogP contribution in [-0.4, -0.2) is 10.9 Å². The van der Waals surface area contributed by atoms with Crippen LogP contribution >= 0.6 is 0 Å². The highest BCUT2D eigenvalue weighted by Gasteiger charge is 2.09. The van der Waals surface area contributed by atoms with Crippen molar-refractivity contribution in [3.63, 3.8) is 0 Å². The van der Waals surface area contributed by atoms with Crippen LogP contribution in [0.2, 0.25) is 0 Å². The number of anilines is 3. The zero-order valence-corrected chi connectivity index (χ0v) is 9.92. The third-order valence-corrected chi connectivity index (χ3v) is 2.46. The minimum atomic E-state index is -0.604. The summed E-state index contributed by atoms with van der Waals surface area (Å²) in [6.45, 7) is 0. The molecular formula is C13H11N5O. The van der Waals surface area contributed by atoms with E-state index in [4.69, 9.17) is 16.7 Å². The van der Waals surface area contributed by atoms with Crippen molar-refractivity contribution >= 4 is 23.1 Å². The van der Waals surface area contributed by atoms with Gasteiger partial charge in [0.15, 0.2) is 0 Å². The number of carbonyl (C=O) groups excluding carboxylic acids is 1. The van der Waals surface area contributed by atoms with Crippen LogP contribution in [0.4, 0.5) is 17.2 Å². The molecule has 0 aliphatic heterocycles. The van der Waals surface area contributed by atoms with Gasteiger partial charge in [0.1, 0.15) is 5.82 Å². The standard InChI is InChI=1S/C13H11N5O/c14-6-8-2-1-3-9(4-8)18-11-7-17-12(15)5-10(11)13(16)19/h1-5,7,18H,(H2,15,17)(H2,16,19). The van der Waals surface area contributed by atoms with Crippen LogP contribution in [-0.2, 0) is 0 Å². The Morgan fingerprint density at radius 2 is 2.16 bits per heavy atom. The molecule has 1 heterocycles. The largest absolute Gasteiger partial charge is 0.384 e. The number of nitrogens with zero attached hydrogens (tertiary/aromatic N) is 2. The summed E-state index contributed by atoms with van der Waals surface area (Å²) in [5.41, 5.74) is 12.6. The summed E-state index contributed by atoms with van der Waals surface area (Å²) in [4.78, 5) is 15.2. The SMILES string of the molecule is N#Cc1cccc(Nc2cnc(N)cc2C(N)=O)c1. The van der Waals surface area contributed by atoms with Crippen LogP contribution < -0.4 is 16.8 Å². The third kappa shape index (κ3) is 2.79. The fraction of sp³-hybridized carbons (Fsp3) is 0. The van der Waals surface area contributed by atoms with Crippen LogP contribution in [0.3, 0.4) is 0 Å². The number of aromatic nitrogens is 1. The second kappa shape index (κ2) is 5.06. The molecule has 0 unspecified atom stereocenters. The Balaban J connectivity index is 2.38. The van der Waals surface area contributed by atoms with E-state index >= 15 is 0 Å². The number of benzene rings is 1. The molecule has 0 aliphatic carbocycles. The van der Waals surface area contributed by atoms with Crippen LogP contribution in [0.5, 0.6) is 0 Å². The second-order valence-electron chi connectivity index (χ2n) is 3.84. The number of nitrogens with one attached hydrogen (secondary N) is 1. The van der Waals surface area contributed by atoms with E-state index in [1.165, 1.54) is 12.3 Å². The van der Waals surface area contributed by atoms with E-state index in [2.05, 4.69) is 10.3 Å². The highest BCUT2D eigenvalue weighted by molar-refractivity contribution is 5.99. The number of nitrogen functional groups attached to an aromatic ring is 1. The van der Waals surface area contributed by atoms with Crippen molar-refractivity contribution in [3.05, 3.63) is 47.7 Å². The number of hydrogen-bond acceptors (Lipinski definition) is 5. The lowest BCUT2D eigenvalue weighted by Gasteiger charge is -2.10. The van der Waals surface area contributed by atoms with E-state index in [1.807, 2.05) is 6.07 Å². The molecule has 1 amide bonds. The minimum absolute atomic E-state index is 0.213. The van der Waals surface area contributed by atoms with Gasteiger partial charge in [-0.25, -0.2) is 4.98 Å². The topological polar surface area (TPSA) is 118 Å². The Morgan fingerprint density at radius 3 is 2.84 bits per heavy atom. The van der Waals surface area contributed by atoms with Crippen LogP contribution in [0, 0.1) is 11.3 Å². The molecule has 19 heavy (non-hydrogen) atoms. The lowest BCUT2D eigenvalue weighted by atomic mass is 10.1. The van der Waals surface area contributed by atoms with Crippen molar-refractivity contribution in [2.75, 3.05) is 11.1 Å². The van der Waals surface area contributed by atoms with Gasteiger partial charge in [-0.05, 0) is 24.3 Å². The van der Waals surface area contributed by atoms with Gasteiger partial charge in [-0.15, -0.1) is 0 Å². The van der Waals surface area contributed by atoms with E-state index in [9.17, 15) is 4.79 Å². The van der Waals surface area contributed by atoms with Gasteiger partial charge in [0.05, 0.1) is 29.1 Å². The predicted octanol–water partition coefficient (Wildman–Crippen LogP) is 1.38. The molecular weight excluding hydrogens is 242 g/mol. The lowest BCUT2D eigenvalue weighted by molar-refractivity contribution is 0.100. The van der Waals surface area contributed by atoms with E-state index in [1.54, 1.807) is 24.3 Å². The van der Waals surface area contributed by atoms with Crippen LogP contribution in [0.1, 0.15) is 15.9 Å². The monoisotopic (exact) mass is 253 g/mol. The van der Waals surface area contributed by atoms with Crippen molar-refractivity contribution in [2.45, 2.75) is 0 Å². The first-order chi connectivity index (χ1) is 9.10. The zero-order valence-electron chi connectivity index (χ0n) is 9.92. The second-order valence-corrected chi connectivity index (χ2v) is 3.84. The predicted molar refractivity (Wildman–Crippen MR) is 71.6 cm³/mol. The number of primary amides is 1. The van der Waals surface area contributed by atoms with Crippen molar-refractivity contribution in [2.24, 2.45) is 5.73 Å². The summed E-state index contributed by atoms with van der Waals surface area (Å²) < 4.78 is 0. The highest BCUT2D eigenvalue weighted by Crippen LogP contribution is 2.21. The molecule has 0 aliphatic rings. The summed E-state index contributed by atoms with van der Waals surface area (Å²) in [5.74, 6) is -0.391. The number of nitrogens with two attached hydrogens (primary N) is 2. The number of nitriles is 1. The Kier molecular flexibility index (Phi) is 3.30. The van der Waals surface area contributed by atoms with Gasteiger partial charge in [0, 0.05) is 5.69 Å². The minimum Gasteiger partial charge on any atom is -0.384 e. The van der Waals surface area contributed by atoms with Gasteiger partial charge >= 0.3 is 0 Å². The molecule has 0 saturated carbocycles. The zero-order chi connectivity index (χ0) is 13.8.